The second-order valence-electron chi connectivity index (χ2n) is 7.25. The second kappa shape index (κ2) is 9.17. The van der Waals surface area contributed by atoms with E-state index in [2.05, 4.69) is 20.2 Å². The van der Waals surface area contributed by atoms with Gasteiger partial charge in [0.25, 0.3) is 5.91 Å². The SMILES string of the molecule is O=C(c1csc(CSc2nnc(-c3cccnc3)n2-c2ccccc2F)n1)N1CCCC1. The highest BCUT2D eigenvalue weighted by atomic mass is 32.2. The van der Waals surface area contributed by atoms with Gasteiger partial charge in [0.05, 0.1) is 11.4 Å². The number of nitrogens with zero attached hydrogens (tertiary/aromatic N) is 6. The highest BCUT2D eigenvalue weighted by Crippen LogP contribution is 2.31. The summed E-state index contributed by atoms with van der Waals surface area (Å²) in [6.07, 6.45) is 5.44. The number of hydrogen-bond acceptors (Lipinski definition) is 7. The molecule has 3 aromatic heterocycles. The van der Waals surface area contributed by atoms with E-state index in [0.717, 1.165) is 36.5 Å². The molecule has 1 fully saturated rings. The zero-order chi connectivity index (χ0) is 21.9. The van der Waals surface area contributed by atoms with Crippen molar-refractivity contribution in [2.45, 2.75) is 23.8 Å². The van der Waals surface area contributed by atoms with E-state index in [4.69, 9.17) is 0 Å². The van der Waals surface area contributed by atoms with Gasteiger partial charge in [-0.3, -0.25) is 14.3 Å². The number of thioether (sulfide) groups is 1. The lowest BCUT2D eigenvalue weighted by molar-refractivity contribution is 0.0787. The number of thiazole rings is 1. The van der Waals surface area contributed by atoms with Gasteiger partial charge in [0.1, 0.15) is 16.5 Å². The molecule has 32 heavy (non-hydrogen) atoms. The van der Waals surface area contributed by atoms with Gasteiger partial charge >= 0.3 is 0 Å². The Morgan fingerprint density at radius 1 is 1.12 bits per heavy atom. The van der Waals surface area contributed by atoms with Crippen molar-refractivity contribution in [3.8, 4) is 17.1 Å². The summed E-state index contributed by atoms with van der Waals surface area (Å²) in [6.45, 7) is 1.59. The number of halogens is 1. The normalized spacial score (nSPS) is 13.6. The van der Waals surface area contributed by atoms with Crippen molar-refractivity contribution in [3.63, 3.8) is 0 Å². The summed E-state index contributed by atoms with van der Waals surface area (Å²) < 4.78 is 16.4. The van der Waals surface area contributed by atoms with Crippen LogP contribution in [0.25, 0.3) is 17.1 Å². The van der Waals surface area contributed by atoms with E-state index in [9.17, 15) is 9.18 Å². The largest absolute Gasteiger partial charge is 0.337 e. The van der Waals surface area contributed by atoms with E-state index in [1.807, 2.05) is 11.0 Å². The van der Waals surface area contributed by atoms with Crippen molar-refractivity contribution in [2.24, 2.45) is 0 Å². The Morgan fingerprint density at radius 2 is 1.97 bits per heavy atom. The van der Waals surface area contributed by atoms with E-state index >= 15 is 0 Å². The Morgan fingerprint density at radius 3 is 2.75 bits per heavy atom. The lowest BCUT2D eigenvalue weighted by Gasteiger charge is -2.12. The molecule has 4 aromatic rings. The molecule has 4 heterocycles. The number of rotatable bonds is 6. The number of para-hydroxylation sites is 1. The minimum Gasteiger partial charge on any atom is -0.337 e. The molecule has 0 N–H and O–H groups in total. The third-order valence-electron chi connectivity index (χ3n) is 5.14. The van der Waals surface area contributed by atoms with Crippen LogP contribution < -0.4 is 0 Å². The highest BCUT2D eigenvalue weighted by Gasteiger charge is 2.23. The summed E-state index contributed by atoms with van der Waals surface area (Å²) in [6, 6.07) is 10.2. The quantitative estimate of drug-likeness (QED) is 0.391. The van der Waals surface area contributed by atoms with Crippen LogP contribution in [0.5, 0.6) is 0 Å². The van der Waals surface area contributed by atoms with E-state index in [-0.39, 0.29) is 11.7 Å². The first-order valence-corrected chi connectivity index (χ1v) is 12.0. The predicted molar refractivity (Wildman–Crippen MR) is 121 cm³/mol. The molecular formula is C22H19FN6OS2. The first-order valence-electron chi connectivity index (χ1n) is 10.2. The van der Waals surface area contributed by atoms with Crippen LogP contribution in [0, 0.1) is 5.82 Å². The number of carbonyl (C=O) groups is 1. The molecule has 0 radical (unpaired) electrons. The molecule has 0 aliphatic carbocycles. The monoisotopic (exact) mass is 466 g/mol. The zero-order valence-corrected chi connectivity index (χ0v) is 18.7. The summed E-state index contributed by atoms with van der Waals surface area (Å²) in [5.41, 5.74) is 1.59. The molecule has 0 unspecified atom stereocenters. The predicted octanol–water partition coefficient (Wildman–Crippen LogP) is 4.45. The van der Waals surface area contributed by atoms with Gasteiger partial charge in [-0.1, -0.05) is 23.9 Å². The van der Waals surface area contributed by atoms with Gasteiger partial charge in [0.2, 0.25) is 0 Å². The van der Waals surface area contributed by atoms with Gasteiger partial charge in [0.15, 0.2) is 11.0 Å². The van der Waals surface area contributed by atoms with Crippen molar-refractivity contribution < 1.29 is 9.18 Å². The maximum atomic E-state index is 14.7. The molecule has 1 saturated heterocycles. The first kappa shape index (κ1) is 20.8. The van der Waals surface area contributed by atoms with Gasteiger partial charge < -0.3 is 4.90 Å². The fourth-order valence-corrected chi connectivity index (χ4v) is 5.31. The van der Waals surface area contributed by atoms with E-state index < -0.39 is 0 Å². The number of likely N-dealkylation sites (tertiary alicyclic amines) is 1. The average molecular weight is 467 g/mol. The van der Waals surface area contributed by atoms with Crippen LogP contribution >= 0.6 is 23.1 Å². The first-order chi connectivity index (χ1) is 15.7. The number of amides is 1. The van der Waals surface area contributed by atoms with Crippen molar-refractivity contribution in [1.82, 2.24) is 29.6 Å². The molecule has 10 heteroatoms. The summed E-state index contributed by atoms with van der Waals surface area (Å²) >= 11 is 2.84. The van der Waals surface area contributed by atoms with Crippen LogP contribution in [0.4, 0.5) is 4.39 Å². The van der Waals surface area contributed by atoms with E-state index in [0.29, 0.717) is 28.1 Å². The summed E-state index contributed by atoms with van der Waals surface area (Å²) in [5.74, 6) is 0.627. The van der Waals surface area contributed by atoms with Crippen LogP contribution in [0.1, 0.15) is 28.3 Å². The molecule has 162 valence electrons. The molecule has 1 aliphatic rings. The van der Waals surface area contributed by atoms with Gasteiger partial charge in [-0.2, -0.15) is 0 Å². The molecule has 7 nitrogen and oxygen atoms in total. The molecule has 1 aromatic carbocycles. The van der Waals surface area contributed by atoms with Crippen molar-refractivity contribution >= 4 is 29.0 Å². The van der Waals surface area contributed by atoms with Crippen molar-refractivity contribution in [3.05, 3.63) is 70.7 Å². The minimum atomic E-state index is -0.368. The number of carbonyl (C=O) groups excluding carboxylic acids is 1. The molecular weight excluding hydrogens is 447 g/mol. The lowest BCUT2D eigenvalue weighted by Crippen LogP contribution is -2.27. The van der Waals surface area contributed by atoms with Gasteiger partial charge in [-0.25, -0.2) is 9.37 Å². The molecule has 1 amide bonds. The fraction of sp³-hybridized carbons (Fsp3) is 0.227. The molecule has 1 aliphatic heterocycles. The molecule has 0 spiro atoms. The lowest BCUT2D eigenvalue weighted by atomic mass is 10.2. The smallest absolute Gasteiger partial charge is 0.273 e. The number of hydrogen-bond donors (Lipinski definition) is 0. The molecule has 5 rings (SSSR count). The molecule has 0 saturated carbocycles. The molecule has 0 atom stereocenters. The van der Waals surface area contributed by atoms with E-state index in [1.165, 1.54) is 29.2 Å². The van der Waals surface area contributed by atoms with Gasteiger partial charge in [0, 0.05) is 36.4 Å². The fourth-order valence-electron chi connectivity index (χ4n) is 3.58. The Kier molecular flexibility index (Phi) is 5.95. The number of aromatic nitrogens is 5. The highest BCUT2D eigenvalue weighted by molar-refractivity contribution is 7.98. The topological polar surface area (TPSA) is 76.8 Å². The molecule has 0 bridgehead atoms. The van der Waals surface area contributed by atoms with Crippen LogP contribution in [-0.4, -0.2) is 48.6 Å². The number of pyridine rings is 1. The Labute approximate surface area is 192 Å². The van der Waals surface area contributed by atoms with Crippen molar-refractivity contribution in [2.75, 3.05) is 13.1 Å². The van der Waals surface area contributed by atoms with Crippen LogP contribution in [0.3, 0.4) is 0 Å². The van der Waals surface area contributed by atoms with Gasteiger partial charge in [-0.05, 0) is 37.1 Å². The second-order valence-corrected chi connectivity index (χ2v) is 9.13. The van der Waals surface area contributed by atoms with Crippen LogP contribution in [0.2, 0.25) is 0 Å². The van der Waals surface area contributed by atoms with Crippen LogP contribution in [0.15, 0.2) is 59.3 Å². The van der Waals surface area contributed by atoms with Gasteiger partial charge in [-0.15, -0.1) is 21.5 Å². The Balaban J connectivity index is 1.41. The number of benzene rings is 1. The average Bonchev–Trinajstić information content (AvgIpc) is 3.59. The summed E-state index contributed by atoms with van der Waals surface area (Å²) in [5, 5.41) is 11.8. The maximum absolute atomic E-state index is 14.7. The Hall–Kier alpha value is -3.11. The third-order valence-corrected chi connectivity index (χ3v) is 7.11. The zero-order valence-electron chi connectivity index (χ0n) is 17.0. The Bertz CT molecular complexity index is 1240. The van der Waals surface area contributed by atoms with Crippen molar-refractivity contribution in [1.29, 1.82) is 0 Å². The van der Waals surface area contributed by atoms with E-state index in [1.54, 1.807) is 46.6 Å². The minimum absolute atomic E-state index is 0.0108. The third kappa shape index (κ3) is 4.15. The maximum Gasteiger partial charge on any atom is 0.273 e. The standard InChI is InChI=1S/C22H19FN6OS2/c23-16-7-1-2-8-18(16)29-20(15-6-5-9-24-12-15)26-27-22(29)32-14-19-25-17(13-31-19)21(30)28-10-3-4-11-28/h1-2,5-9,12-13H,3-4,10-11,14H2. The summed E-state index contributed by atoms with van der Waals surface area (Å²) in [4.78, 5) is 23.1. The summed E-state index contributed by atoms with van der Waals surface area (Å²) in [7, 11) is 0. The van der Waals surface area contributed by atoms with Crippen LogP contribution in [-0.2, 0) is 5.75 Å².